The first kappa shape index (κ1) is 25.5. The molecule has 190 valence electrons. The maximum absolute atomic E-state index is 12.8. The van der Waals surface area contributed by atoms with Gasteiger partial charge >= 0.3 is 6.18 Å². The van der Waals surface area contributed by atoms with E-state index in [9.17, 15) is 23.4 Å². The summed E-state index contributed by atoms with van der Waals surface area (Å²) in [5.41, 5.74) is 1.28. The number of hydrogen-bond donors (Lipinski definition) is 2. The van der Waals surface area contributed by atoms with Gasteiger partial charge in [-0.05, 0) is 117 Å². The molecule has 4 rings (SSSR count). The van der Waals surface area contributed by atoms with Crippen LogP contribution in [0.3, 0.4) is 0 Å². The zero-order valence-electron chi connectivity index (χ0n) is 21.2. The SMILES string of the molecule is C[C@@H]1CC[C@](C)(O)CC2=CC[C@@]3(C)[C@@H]4CC[C@H]([C@H](C)CC[C@@H](O)C(F)(F)F)[C@@]4(C)CC[C@@H]3C21. The van der Waals surface area contributed by atoms with E-state index in [1.54, 1.807) is 0 Å². The van der Waals surface area contributed by atoms with Crippen LogP contribution in [0, 0.1) is 46.3 Å². The number of rotatable bonds is 4. The van der Waals surface area contributed by atoms with Crippen LogP contribution in [0.15, 0.2) is 11.6 Å². The summed E-state index contributed by atoms with van der Waals surface area (Å²) in [6, 6.07) is 0. The van der Waals surface area contributed by atoms with Crippen LogP contribution in [-0.2, 0) is 0 Å². The molecule has 0 aromatic heterocycles. The average molecular weight is 471 g/mol. The molecule has 2 N–H and O–H groups in total. The van der Waals surface area contributed by atoms with Crippen molar-refractivity contribution in [2.45, 2.75) is 117 Å². The number of alkyl halides is 3. The predicted molar refractivity (Wildman–Crippen MR) is 125 cm³/mol. The zero-order valence-corrected chi connectivity index (χ0v) is 21.2. The van der Waals surface area contributed by atoms with E-state index >= 15 is 0 Å². The maximum Gasteiger partial charge on any atom is 0.414 e. The first-order valence-electron chi connectivity index (χ1n) is 13.3. The van der Waals surface area contributed by atoms with E-state index in [2.05, 4.69) is 33.8 Å². The van der Waals surface area contributed by atoms with Crippen LogP contribution in [0.2, 0.25) is 0 Å². The van der Waals surface area contributed by atoms with Crippen LogP contribution >= 0.6 is 0 Å². The summed E-state index contributed by atoms with van der Waals surface area (Å²) in [5.74, 6) is 3.00. The highest BCUT2D eigenvalue weighted by Crippen LogP contribution is 2.69. The standard InChI is InChI=1S/C28H45F3O2/c1-17(6-9-23(32)28(29,30)31)20-7-8-22-26(20,4)15-12-21-24-18(2)10-13-25(3,33)16-19(24)11-14-27(21,22)5/h11,17-18,20-24,32-33H,6-10,12-16H2,1-5H3/t17-,18-,20-,21-,22-,23-,24?,25+,26-,27-/m1/s1. The number of allylic oxidation sites excluding steroid dienone is 1. The highest BCUT2D eigenvalue weighted by Gasteiger charge is 2.62. The number of halogens is 3. The molecular weight excluding hydrogens is 425 g/mol. The lowest BCUT2D eigenvalue weighted by Crippen LogP contribution is -2.53. The molecule has 2 nitrogen and oxygen atoms in total. The van der Waals surface area contributed by atoms with E-state index < -0.39 is 17.9 Å². The van der Waals surface area contributed by atoms with Crippen molar-refractivity contribution in [2.24, 2.45) is 46.3 Å². The first-order valence-corrected chi connectivity index (χ1v) is 13.3. The van der Waals surface area contributed by atoms with Crippen molar-refractivity contribution < 1.29 is 23.4 Å². The van der Waals surface area contributed by atoms with Crippen molar-refractivity contribution in [1.82, 2.24) is 0 Å². The second-order valence-electron chi connectivity index (χ2n) is 13.2. The Balaban J connectivity index is 1.54. The quantitative estimate of drug-likeness (QED) is 0.424. The number of fused-ring (bicyclic) bond motifs is 5. The minimum absolute atomic E-state index is 0.165. The Morgan fingerprint density at radius 3 is 2.39 bits per heavy atom. The smallest absolute Gasteiger partial charge is 0.390 e. The van der Waals surface area contributed by atoms with Gasteiger partial charge in [-0.15, -0.1) is 0 Å². The molecule has 4 aliphatic carbocycles. The van der Waals surface area contributed by atoms with Gasteiger partial charge in [-0.25, -0.2) is 0 Å². The van der Waals surface area contributed by atoms with E-state index in [4.69, 9.17) is 0 Å². The molecule has 0 aromatic carbocycles. The fourth-order valence-corrected chi connectivity index (χ4v) is 9.31. The predicted octanol–water partition coefficient (Wildman–Crippen LogP) is 7.29. The molecule has 4 aliphatic rings. The fraction of sp³-hybridized carbons (Fsp3) is 0.929. The van der Waals surface area contributed by atoms with Gasteiger partial charge in [0.2, 0.25) is 0 Å². The lowest BCUT2D eigenvalue weighted by atomic mass is 9.45. The first-order chi connectivity index (χ1) is 15.2. The van der Waals surface area contributed by atoms with E-state index in [1.807, 2.05) is 6.92 Å². The van der Waals surface area contributed by atoms with Gasteiger partial charge in [-0.2, -0.15) is 13.2 Å². The van der Waals surface area contributed by atoms with Crippen molar-refractivity contribution >= 4 is 0 Å². The van der Waals surface area contributed by atoms with Crippen LogP contribution in [-0.4, -0.2) is 28.1 Å². The monoisotopic (exact) mass is 470 g/mol. The van der Waals surface area contributed by atoms with E-state index in [1.165, 1.54) is 18.4 Å². The van der Waals surface area contributed by atoms with Gasteiger partial charge in [-0.3, -0.25) is 0 Å². The molecule has 5 heteroatoms. The minimum Gasteiger partial charge on any atom is -0.390 e. The highest BCUT2D eigenvalue weighted by molar-refractivity contribution is 5.24. The van der Waals surface area contributed by atoms with Crippen LogP contribution in [0.4, 0.5) is 13.2 Å². The third kappa shape index (κ3) is 4.43. The Bertz CT molecular complexity index is 759. The van der Waals surface area contributed by atoms with Gasteiger partial charge in [0.05, 0.1) is 5.60 Å². The molecule has 1 unspecified atom stereocenters. The van der Waals surface area contributed by atoms with Crippen LogP contribution < -0.4 is 0 Å². The van der Waals surface area contributed by atoms with Gasteiger partial charge in [0.15, 0.2) is 0 Å². The summed E-state index contributed by atoms with van der Waals surface area (Å²) in [6.45, 7) is 11.4. The summed E-state index contributed by atoms with van der Waals surface area (Å²) < 4.78 is 38.5. The second-order valence-corrected chi connectivity index (χ2v) is 13.2. The minimum atomic E-state index is -4.51. The summed E-state index contributed by atoms with van der Waals surface area (Å²) >= 11 is 0. The molecule has 3 saturated carbocycles. The summed E-state index contributed by atoms with van der Waals surface area (Å²) in [4.78, 5) is 0. The molecule has 0 aromatic rings. The van der Waals surface area contributed by atoms with Crippen molar-refractivity contribution in [3.05, 3.63) is 11.6 Å². The third-order valence-corrected chi connectivity index (χ3v) is 11.0. The number of aliphatic hydroxyl groups excluding tert-OH is 1. The zero-order chi connectivity index (χ0) is 24.4. The molecule has 0 heterocycles. The fourth-order valence-electron chi connectivity index (χ4n) is 9.31. The molecule has 0 saturated heterocycles. The molecular formula is C28H45F3O2. The Labute approximate surface area is 198 Å². The molecule has 0 aliphatic heterocycles. The van der Waals surface area contributed by atoms with E-state index in [0.717, 1.165) is 38.5 Å². The highest BCUT2D eigenvalue weighted by atomic mass is 19.4. The Kier molecular flexibility index (Phi) is 6.61. The van der Waals surface area contributed by atoms with Gasteiger partial charge in [0, 0.05) is 0 Å². The van der Waals surface area contributed by atoms with Gasteiger partial charge in [0.1, 0.15) is 6.10 Å². The lowest BCUT2D eigenvalue weighted by Gasteiger charge is -2.60. The van der Waals surface area contributed by atoms with Gasteiger partial charge < -0.3 is 10.2 Å². The van der Waals surface area contributed by atoms with Crippen molar-refractivity contribution in [3.8, 4) is 0 Å². The Hall–Kier alpha value is -0.550. The van der Waals surface area contributed by atoms with Crippen molar-refractivity contribution in [1.29, 1.82) is 0 Å². The summed E-state index contributed by atoms with van der Waals surface area (Å²) in [5, 5.41) is 20.4. The molecule has 10 atom stereocenters. The van der Waals surface area contributed by atoms with Crippen molar-refractivity contribution in [3.63, 3.8) is 0 Å². The average Bonchev–Trinajstić information content (AvgIpc) is 3.02. The van der Waals surface area contributed by atoms with Crippen molar-refractivity contribution in [2.75, 3.05) is 0 Å². The molecule has 0 amide bonds. The van der Waals surface area contributed by atoms with E-state index in [-0.39, 0.29) is 23.2 Å². The maximum atomic E-state index is 12.8. The summed E-state index contributed by atoms with van der Waals surface area (Å²) in [6.07, 6.45) is 4.43. The normalized spacial score (nSPS) is 47.6. The number of hydrogen-bond acceptors (Lipinski definition) is 2. The Morgan fingerprint density at radius 2 is 1.73 bits per heavy atom. The molecule has 3 fully saturated rings. The van der Waals surface area contributed by atoms with Gasteiger partial charge in [0.25, 0.3) is 0 Å². The summed E-state index contributed by atoms with van der Waals surface area (Å²) in [7, 11) is 0. The largest absolute Gasteiger partial charge is 0.414 e. The third-order valence-electron chi connectivity index (χ3n) is 11.0. The van der Waals surface area contributed by atoms with Gasteiger partial charge in [-0.1, -0.05) is 39.3 Å². The van der Waals surface area contributed by atoms with Crippen LogP contribution in [0.25, 0.3) is 0 Å². The number of aliphatic hydroxyl groups is 2. The molecule has 0 radical (unpaired) electrons. The molecule has 33 heavy (non-hydrogen) atoms. The Morgan fingerprint density at radius 1 is 1.03 bits per heavy atom. The van der Waals surface area contributed by atoms with Crippen LogP contribution in [0.1, 0.15) is 98.8 Å². The molecule has 0 bridgehead atoms. The van der Waals surface area contributed by atoms with E-state index in [0.29, 0.717) is 36.0 Å². The topological polar surface area (TPSA) is 40.5 Å². The second kappa shape index (κ2) is 8.54. The lowest BCUT2D eigenvalue weighted by molar-refractivity contribution is -0.206. The van der Waals surface area contributed by atoms with Crippen LogP contribution in [0.5, 0.6) is 0 Å². The molecule has 0 spiro atoms.